The Kier molecular flexibility index (Phi) is 12.2. The van der Waals surface area contributed by atoms with Crippen LogP contribution in [0.25, 0.3) is 11.4 Å². The summed E-state index contributed by atoms with van der Waals surface area (Å²) in [6, 6.07) is 11.8. The number of nitrogens with zero attached hydrogens (tertiary/aromatic N) is 2. The Morgan fingerprint density at radius 1 is 0.730 bits per heavy atom. The Morgan fingerprint density at radius 2 is 1.30 bits per heavy atom. The van der Waals surface area contributed by atoms with Crippen LogP contribution in [0.3, 0.4) is 0 Å². The van der Waals surface area contributed by atoms with Crippen molar-refractivity contribution in [2.75, 3.05) is 0 Å². The van der Waals surface area contributed by atoms with E-state index < -0.39 is 11.8 Å². The molecule has 4 nitrogen and oxygen atoms in total. The number of hydrogen-bond acceptors (Lipinski definition) is 4. The summed E-state index contributed by atoms with van der Waals surface area (Å²) in [4.78, 5) is 21.3. The van der Waals surface area contributed by atoms with Gasteiger partial charge in [0.25, 0.3) is 0 Å². The zero-order chi connectivity index (χ0) is 26.3. The standard InChI is InChI=1S/C32H41FN2O2/c1-3-5-7-9-11-12-14-25-16-18-27(19-17-25)32(36)37-28-20-21-29(30(33)22-28)31-34-23-26(24-35-31)15-13-10-8-6-4-2/h16-24H,3-15H2,1-2H3. The van der Waals surface area contributed by atoms with Crippen molar-refractivity contribution in [3.05, 3.63) is 77.4 Å². The molecule has 1 aromatic heterocycles. The van der Waals surface area contributed by atoms with Gasteiger partial charge in [0.1, 0.15) is 11.6 Å². The van der Waals surface area contributed by atoms with Gasteiger partial charge in [-0.1, -0.05) is 83.8 Å². The van der Waals surface area contributed by atoms with Gasteiger partial charge in [-0.05, 0) is 61.1 Å². The highest BCUT2D eigenvalue weighted by Crippen LogP contribution is 2.24. The van der Waals surface area contributed by atoms with E-state index in [-0.39, 0.29) is 11.3 Å². The maximum Gasteiger partial charge on any atom is 0.343 e. The molecular formula is C32H41FN2O2. The number of carbonyl (C=O) groups excluding carboxylic acids is 1. The number of aryl methyl sites for hydroxylation is 2. The van der Waals surface area contributed by atoms with Crippen molar-refractivity contribution in [1.29, 1.82) is 0 Å². The lowest BCUT2D eigenvalue weighted by Crippen LogP contribution is -2.09. The molecule has 3 rings (SSSR count). The van der Waals surface area contributed by atoms with E-state index in [4.69, 9.17) is 4.74 Å². The molecule has 37 heavy (non-hydrogen) atoms. The van der Waals surface area contributed by atoms with E-state index in [9.17, 15) is 9.18 Å². The Hall–Kier alpha value is -3.08. The number of ether oxygens (including phenoxy) is 1. The van der Waals surface area contributed by atoms with E-state index in [0.717, 1.165) is 31.2 Å². The third kappa shape index (κ3) is 9.71. The number of rotatable bonds is 16. The van der Waals surface area contributed by atoms with Gasteiger partial charge >= 0.3 is 5.97 Å². The molecule has 1 heterocycles. The Labute approximate surface area is 221 Å². The van der Waals surface area contributed by atoms with Gasteiger partial charge in [0, 0.05) is 18.5 Å². The number of esters is 1. The van der Waals surface area contributed by atoms with Gasteiger partial charge in [0.15, 0.2) is 5.82 Å². The molecule has 0 aliphatic rings. The third-order valence-corrected chi connectivity index (χ3v) is 6.67. The average molecular weight is 505 g/mol. The lowest BCUT2D eigenvalue weighted by molar-refractivity contribution is 0.0734. The number of benzene rings is 2. The molecule has 0 fully saturated rings. The van der Waals surface area contributed by atoms with Crippen molar-refractivity contribution in [1.82, 2.24) is 9.97 Å². The van der Waals surface area contributed by atoms with E-state index in [0.29, 0.717) is 11.4 Å². The van der Waals surface area contributed by atoms with Gasteiger partial charge in [-0.2, -0.15) is 0 Å². The van der Waals surface area contributed by atoms with Crippen molar-refractivity contribution < 1.29 is 13.9 Å². The van der Waals surface area contributed by atoms with Crippen molar-refractivity contribution in [2.24, 2.45) is 0 Å². The van der Waals surface area contributed by atoms with Crippen LogP contribution in [0, 0.1) is 5.82 Å². The summed E-state index contributed by atoms with van der Waals surface area (Å²) >= 11 is 0. The molecular weight excluding hydrogens is 463 g/mol. The van der Waals surface area contributed by atoms with Crippen LogP contribution in [0.4, 0.5) is 4.39 Å². The molecule has 0 radical (unpaired) electrons. The van der Waals surface area contributed by atoms with Gasteiger partial charge in [-0.15, -0.1) is 0 Å². The molecule has 0 amide bonds. The number of halogens is 1. The first kappa shape index (κ1) is 28.5. The summed E-state index contributed by atoms with van der Waals surface area (Å²) in [5.41, 5.74) is 3.01. The van der Waals surface area contributed by atoms with E-state index in [1.807, 2.05) is 12.1 Å². The molecule has 0 saturated carbocycles. The lowest BCUT2D eigenvalue weighted by atomic mass is 10.0. The lowest BCUT2D eigenvalue weighted by Gasteiger charge is -2.08. The first-order chi connectivity index (χ1) is 18.1. The summed E-state index contributed by atoms with van der Waals surface area (Å²) in [6.45, 7) is 4.43. The van der Waals surface area contributed by atoms with Crippen LogP contribution in [0.2, 0.25) is 0 Å². The molecule has 3 aromatic rings. The predicted molar refractivity (Wildman–Crippen MR) is 148 cm³/mol. The quantitative estimate of drug-likeness (QED) is 0.111. The maximum atomic E-state index is 14.8. The van der Waals surface area contributed by atoms with Crippen LogP contribution >= 0.6 is 0 Å². The Morgan fingerprint density at radius 3 is 1.89 bits per heavy atom. The van der Waals surface area contributed by atoms with Gasteiger partial charge in [-0.25, -0.2) is 19.2 Å². The van der Waals surface area contributed by atoms with Gasteiger partial charge < -0.3 is 4.74 Å². The van der Waals surface area contributed by atoms with E-state index in [2.05, 4.69) is 23.8 Å². The minimum Gasteiger partial charge on any atom is -0.423 e. The monoisotopic (exact) mass is 504 g/mol. The van der Waals surface area contributed by atoms with E-state index in [1.54, 1.807) is 36.7 Å². The van der Waals surface area contributed by atoms with Crippen LogP contribution in [0.1, 0.15) is 106 Å². The first-order valence-electron chi connectivity index (χ1n) is 14.0. The van der Waals surface area contributed by atoms with Crippen molar-refractivity contribution in [3.63, 3.8) is 0 Å². The fraction of sp³-hybridized carbons (Fsp3) is 0.469. The fourth-order valence-corrected chi connectivity index (χ4v) is 4.38. The summed E-state index contributed by atoms with van der Waals surface area (Å²) in [6.07, 6.45) is 19.1. The van der Waals surface area contributed by atoms with Crippen LogP contribution in [-0.2, 0) is 12.8 Å². The molecule has 0 spiro atoms. The molecule has 0 bridgehead atoms. The largest absolute Gasteiger partial charge is 0.423 e. The normalized spacial score (nSPS) is 11.0. The van der Waals surface area contributed by atoms with Crippen molar-refractivity contribution >= 4 is 5.97 Å². The topological polar surface area (TPSA) is 52.1 Å². The van der Waals surface area contributed by atoms with Gasteiger partial charge in [0.05, 0.1) is 11.1 Å². The minimum atomic E-state index is -0.521. The second-order valence-corrected chi connectivity index (χ2v) is 9.82. The summed E-state index contributed by atoms with van der Waals surface area (Å²) in [7, 11) is 0. The highest BCUT2D eigenvalue weighted by Gasteiger charge is 2.13. The zero-order valence-corrected chi connectivity index (χ0v) is 22.5. The minimum absolute atomic E-state index is 0.158. The number of aromatic nitrogens is 2. The predicted octanol–water partition coefficient (Wildman–Crippen LogP) is 8.92. The molecule has 0 aliphatic carbocycles. The van der Waals surface area contributed by atoms with E-state index in [1.165, 1.54) is 69.4 Å². The van der Waals surface area contributed by atoms with Crippen LogP contribution in [0.15, 0.2) is 54.9 Å². The van der Waals surface area contributed by atoms with E-state index >= 15 is 0 Å². The molecule has 0 saturated heterocycles. The van der Waals surface area contributed by atoms with Crippen molar-refractivity contribution in [2.45, 2.75) is 97.3 Å². The molecule has 0 N–H and O–H groups in total. The SMILES string of the molecule is CCCCCCCCc1ccc(C(=O)Oc2ccc(-c3ncc(CCCCCCC)cn3)c(F)c2)cc1. The highest BCUT2D eigenvalue weighted by atomic mass is 19.1. The first-order valence-corrected chi connectivity index (χ1v) is 14.0. The molecule has 0 atom stereocenters. The van der Waals surface area contributed by atoms with Crippen LogP contribution < -0.4 is 4.74 Å². The number of unbranched alkanes of at least 4 members (excludes halogenated alkanes) is 9. The molecule has 0 aliphatic heterocycles. The zero-order valence-electron chi connectivity index (χ0n) is 22.5. The third-order valence-electron chi connectivity index (χ3n) is 6.67. The molecule has 5 heteroatoms. The van der Waals surface area contributed by atoms with Crippen LogP contribution in [-0.4, -0.2) is 15.9 Å². The summed E-state index contributed by atoms with van der Waals surface area (Å²) < 4.78 is 20.2. The smallest absolute Gasteiger partial charge is 0.343 e. The summed E-state index contributed by atoms with van der Waals surface area (Å²) in [5.74, 6) is -0.540. The molecule has 2 aromatic carbocycles. The summed E-state index contributed by atoms with van der Waals surface area (Å²) in [5, 5.41) is 0. The Bertz CT molecular complexity index is 1080. The molecule has 0 unspecified atom stereocenters. The average Bonchev–Trinajstić information content (AvgIpc) is 2.91. The van der Waals surface area contributed by atoms with Gasteiger partial charge in [-0.3, -0.25) is 0 Å². The Balaban J connectivity index is 1.50. The highest BCUT2D eigenvalue weighted by molar-refractivity contribution is 5.91. The van der Waals surface area contributed by atoms with Gasteiger partial charge in [0.2, 0.25) is 0 Å². The second kappa shape index (κ2) is 15.9. The molecule has 198 valence electrons. The number of hydrogen-bond donors (Lipinski definition) is 0. The number of carbonyl (C=O) groups is 1. The maximum absolute atomic E-state index is 14.8. The van der Waals surface area contributed by atoms with Crippen molar-refractivity contribution in [3.8, 4) is 17.1 Å². The van der Waals surface area contributed by atoms with Crippen LogP contribution in [0.5, 0.6) is 5.75 Å². The second-order valence-electron chi connectivity index (χ2n) is 9.82. The fourth-order valence-electron chi connectivity index (χ4n) is 4.38.